The summed E-state index contributed by atoms with van der Waals surface area (Å²) in [5, 5.41) is 8.32. The minimum atomic E-state index is -0.437. The average molecular weight is 287 g/mol. The zero-order valence-electron chi connectivity index (χ0n) is 11.6. The third-order valence-corrected chi connectivity index (χ3v) is 4.14. The molecule has 7 heteroatoms. The highest BCUT2D eigenvalue weighted by Gasteiger charge is 2.31. The molecule has 110 valence electrons. The third kappa shape index (κ3) is 2.44. The van der Waals surface area contributed by atoms with E-state index in [-0.39, 0.29) is 0 Å². The van der Waals surface area contributed by atoms with E-state index >= 15 is 0 Å². The summed E-state index contributed by atoms with van der Waals surface area (Å²) in [6.45, 7) is 2.59. The van der Waals surface area contributed by atoms with Crippen LogP contribution in [0, 0.1) is 0 Å². The molecule has 4 rings (SSSR count). The highest BCUT2D eigenvalue weighted by atomic mass is 16.5. The molecule has 7 nitrogen and oxygen atoms in total. The van der Waals surface area contributed by atoms with E-state index < -0.39 is 5.91 Å². The van der Waals surface area contributed by atoms with Crippen LogP contribution in [0.3, 0.4) is 0 Å². The molecule has 2 N–H and O–H groups in total. The van der Waals surface area contributed by atoms with E-state index in [1.807, 2.05) is 4.68 Å². The Morgan fingerprint density at radius 1 is 1.43 bits per heavy atom. The van der Waals surface area contributed by atoms with Gasteiger partial charge in [-0.05, 0) is 12.8 Å². The summed E-state index contributed by atoms with van der Waals surface area (Å²) < 4.78 is 7.17. The predicted molar refractivity (Wildman–Crippen MR) is 73.5 cm³/mol. The number of rotatable bonds is 5. The Bertz CT molecular complexity index is 666. The van der Waals surface area contributed by atoms with Crippen LogP contribution in [0.1, 0.15) is 46.6 Å². The number of carbonyl (C=O) groups is 1. The van der Waals surface area contributed by atoms with E-state index in [1.165, 1.54) is 19.0 Å². The molecule has 1 saturated heterocycles. The van der Waals surface area contributed by atoms with Crippen LogP contribution >= 0.6 is 0 Å². The first-order chi connectivity index (χ1) is 10.2. The first-order valence-corrected chi connectivity index (χ1v) is 7.21. The molecule has 2 fully saturated rings. The van der Waals surface area contributed by atoms with E-state index in [4.69, 9.17) is 10.3 Å². The minimum Gasteiger partial charge on any atom is -0.366 e. The van der Waals surface area contributed by atoms with Gasteiger partial charge in [0.15, 0.2) is 0 Å². The fourth-order valence-electron chi connectivity index (χ4n) is 2.70. The quantitative estimate of drug-likeness (QED) is 0.882. The molecule has 2 aromatic rings. The van der Waals surface area contributed by atoms with Crippen molar-refractivity contribution in [1.82, 2.24) is 19.8 Å². The molecule has 2 aliphatic rings. The highest BCUT2D eigenvalue weighted by Crippen LogP contribution is 2.40. The molecule has 0 spiro atoms. The number of primary amides is 1. The summed E-state index contributed by atoms with van der Waals surface area (Å²) in [7, 11) is 0. The summed E-state index contributed by atoms with van der Waals surface area (Å²) in [6, 6.07) is 2.37. The van der Waals surface area contributed by atoms with Crippen LogP contribution in [0.5, 0.6) is 0 Å². The van der Waals surface area contributed by atoms with E-state index in [0.29, 0.717) is 17.5 Å². The van der Waals surface area contributed by atoms with Crippen LogP contribution in [0.15, 0.2) is 23.0 Å². The zero-order chi connectivity index (χ0) is 14.4. The molecule has 0 unspecified atom stereocenters. The van der Waals surface area contributed by atoms with E-state index in [0.717, 1.165) is 31.1 Å². The molecule has 0 radical (unpaired) electrons. The lowest BCUT2D eigenvalue weighted by atomic mass is 10.1. The van der Waals surface area contributed by atoms with Crippen LogP contribution in [0.25, 0.3) is 0 Å². The lowest BCUT2D eigenvalue weighted by Crippen LogP contribution is -2.47. The van der Waals surface area contributed by atoms with Crippen LogP contribution in [0.4, 0.5) is 0 Å². The van der Waals surface area contributed by atoms with Gasteiger partial charge in [-0.25, -0.2) is 0 Å². The number of carbonyl (C=O) groups excluding carboxylic acids is 1. The van der Waals surface area contributed by atoms with Gasteiger partial charge in [-0.15, -0.1) is 0 Å². The maximum Gasteiger partial charge on any atom is 0.251 e. The fraction of sp³-hybridized carbons (Fsp3) is 0.500. The normalized spacial score (nSPS) is 19.6. The number of likely N-dealkylation sites (tertiary alicyclic amines) is 1. The van der Waals surface area contributed by atoms with Crippen LogP contribution in [-0.2, 0) is 6.54 Å². The van der Waals surface area contributed by atoms with Crippen molar-refractivity contribution in [2.75, 3.05) is 13.1 Å². The minimum absolute atomic E-state index is 0.299. The molecule has 0 bridgehead atoms. The highest BCUT2D eigenvalue weighted by molar-refractivity contribution is 5.92. The van der Waals surface area contributed by atoms with Gasteiger partial charge in [0.2, 0.25) is 0 Å². The Balaban J connectivity index is 1.32. The van der Waals surface area contributed by atoms with E-state index in [2.05, 4.69) is 21.2 Å². The summed E-state index contributed by atoms with van der Waals surface area (Å²) in [5.41, 5.74) is 6.68. The van der Waals surface area contributed by atoms with Crippen molar-refractivity contribution in [3.63, 3.8) is 0 Å². The van der Waals surface area contributed by atoms with Gasteiger partial charge < -0.3 is 10.3 Å². The Hall–Kier alpha value is -2.15. The van der Waals surface area contributed by atoms with Crippen molar-refractivity contribution >= 4 is 5.91 Å². The molecule has 0 aromatic carbocycles. The maximum atomic E-state index is 11.1. The van der Waals surface area contributed by atoms with Crippen molar-refractivity contribution in [2.24, 2.45) is 5.73 Å². The topological polar surface area (TPSA) is 90.2 Å². The van der Waals surface area contributed by atoms with Crippen molar-refractivity contribution in [3.05, 3.63) is 35.5 Å². The number of nitrogens with two attached hydrogens (primary N) is 1. The summed E-state index contributed by atoms with van der Waals surface area (Å²) >= 11 is 0. The molecule has 2 aromatic heterocycles. The predicted octanol–water partition coefficient (Wildman–Crippen LogP) is 0.904. The van der Waals surface area contributed by atoms with Gasteiger partial charge >= 0.3 is 0 Å². The Morgan fingerprint density at radius 2 is 2.24 bits per heavy atom. The first-order valence-electron chi connectivity index (χ1n) is 7.21. The van der Waals surface area contributed by atoms with Crippen molar-refractivity contribution in [3.8, 4) is 0 Å². The molecule has 1 aliphatic heterocycles. The largest absolute Gasteiger partial charge is 0.366 e. The van der Waals surface area contributed by atoms with Gasteiger partial charge in [0, 0.05) is 37.8 Å². The Labute approximate surface area is 121 Å². The molecule has 21 heavy (non-hydrogen) atoms. The van der Waals surface area contributed by atoms with Gasteiger partial charge in [-0.1, -0.05) is 5.16 Å². The standard InChI is InChI=1S/C14H17N5O2/c15-14(20)10-4-16-19(5-10)12-7-18(8-12)6-11-3-13(21-17-11)9-1-2-9/h3-5,9,12H,1-2,6-8H2,(H2,15,20). The van der Waals surface area contributed by atoms with Crippen LogP contribution in [-0.4, -0.2) is 38.8 Å². The number of amides is 1. The van der Waals surface area contributed by atoms with Gasteiger partial charge in [-0.2, -0.15) is 5.10 Å². The second-order valence-corrected chi connectivity index (χ2v) is 5.92. The zero-order valence-corrected chi connectivity index (χ0v) is 11.6. The molecule has 3 heterocycles. The van der Waals surface area contributed by atoms with Gasteiger partial charge in [-0.3, -0.25) is 14.4 Å². The second-order valence-electron chi connectivity index (χ2n) is 5.92. The van der Waals surface area contributed by atoms with Crippen molar-refractivity contribution in [2.45, 2.75) is 31.3 Å². The lowest BCUT2D eigenvalue weighted by molar-refractivity contribution is 0.0881. The van der Waals surface area contributed by atoms with Crippen LogP contribution in [0.2, 0.25) is 0 Å². The SMILES string of the molecule is NC(=O)c1cnn(C2CN(Cc3cc(C4CC4)on3)C2)c1. The molecular weight excluding hydrogens is 270 g/mol. The number of nitrogens with zero attached hydrogens (tertiary/aromatic N) is 4. The monoisotopic (exact) mass is 287 g/mol. The van der Waals surface area contributed by atoms with E-state index in [1.54, 1.807) is 6.20 Å². The smallest absolute Gasteiger partial charge is 0.251 e. The summed E-state index contributed by atoms with van der Waals surface area (Å²) in [5.74, 6) is 1.19. The van der Waals surface area contributed by atoms with Crippen molar-refractivity contribution < 1.29 is 9.32 Å². The molecule has 1 saturated carbocycles. The molecular formula is C14H17N5O2. The van der Waals surface area contributed by atoms with Gasteiger partial charge in [0.1, 0.15) is 5.76 Å². The van der Waals surface area contributed by atoms with Crippen LogP contribution < -0.4 is 5.73 Å². The fourth-order valence-corrected chi connectivity index (χ4v) is 2.70. The second kappa shape index (κ2) is 4.70. The number of hydrogen-bond donors (Lipinski definition) is 1. The lowest BCUT2D eigenvalue weighted by Gasteiger charge is -2.38. The molecule has 0 atom stereocenters. The average Bonchev–Trinajstić information content (AvgIpc) is 2.98. The maximum absolute atomic E-state index is 11.1. The number of hydrogen-bond acceptors (Lipinski definition) is 5. The molecule has 1 aliphatic carbocycles. The number of aromatic nitrogens is 3. The Morgan fingerprint density at radius 3 is 2.90 bits per heavy atom. The Kier molecular flexibility index (Phi) is 2.81. The van der Waals surface area contributed by atoms with Gasteiger partial charge in [0.25, 0.3) is 5.91 Å². The van der Waals surface area contributed by atoms with E-state index in [9.17, 15) is 4.79 Å². The first kappa shape index (κ1) is 12.6. The summed E-state index contributed by atoms with van der Waals surface area (Å²) in [4.78, 5) is 13.3. The summed E-state index contributed by atoms with van der Waals surface area (Å²) in [6.07, 6.45) is 5.68. The van der Waals surface area contributed by atoms with Crippen molar-refractivity contribution in [1.29, 1.82) is 0 Å². The van der Waals surface area contributed by atoms with Gasteiger partial charge in [0.05, 0.1) is 23.5 Å². The molecule has 1 amide bonds. The third-order valence-electron chi connectivity index (χ3n) is 4.14.